The number of carbonyl (C=O) groups excluding carboxylic acids is 1. The van der Waals surface area contributed by atoms with Gasteiger partial charge in [-0.05, 0) is 32.4 Å². The lowest BCUT2D eigenvalue weighted by molar-refractivity contribution is -0.128. The first-order valence-electron chi connectivity index (χ1n) is 10.1. The normalized spacial score (nSPS) is 19.9. The summed E-state index contributed by atoms with van der Waals surface area (Å²) in [6, 6.07) is 22.2. The third-order valence-corrected chi connectivity index (χ3v) is 7.65. The van der Waals surface area contributed by atoms with Crippen molar-refractivity contribution in [2.24, 2.45) is 0 Å². The van der Waals surface area contributed by atoms with E-state index in [1.165, 1.54) is 4.31 Å². The molecule has 5 rings (SSSR count). The lowest BCUT2D eigenvalue weighted by atomic mass is 9.99. The first-order valence-corrected chi connectivity index (χ1v) is 11.3. The van der Waals surface area contributed by atoms with E-state index in [0.717, 1.165) is 38.6 Å². The Morgan fingerprint density at radius 1 is 0.967 bits per heavy atom. The maximum absolute atomic E-state index is 13.0. The van der Waals surface area contributed by atoms with Gasteiger partial charge in [-0.1, -0.05) is 60.7 Å². The van der Waals surface area contributed by atoms with Crippen molar-refractivity contribution < 1.29 is 13.8 Å². The SMILES string of the molecule is CC(C)(C)N1C(=O)CC(c2ccc(-c3cccc4c3oc3ccccc34)cc2)[S+]1[O-]. The van der Waals surface area contributed by atoms with Crippen molar-refractivity contribution in [3.63, 3.8) is 0 Å². The maximum Gasteiger partial charge on any atom is 0.269 e. The van der Waals surface area contributed by atoms with Crippen LogP contribution in [0.2, 0.25) is 0 Å². The van der Waals surface area contributed by atoms with Crippen LogP contribution in [0.4, 0.5) is 0 Å². The fourth-order valence-electron chi connectivity index (χ4n) is 4.27. The Hall–Kier alpha value is -2.76. The Morgan fingerprint density at radius 3 is 2.37 bits per heavy atom. The smallest absolute Gasteiger partial charge is 0.269 e. The highest BCUT2D eigenvalue weighted by Crippen LogP contribution is 2.41. The minimum Gasteiger partial charge on any atom is -0.592 e. The highest BCUT2D eigenvalue weighted by atomic mass is 32.2. The average Bonchev–Trinajstić information content (AvgIpc) is 3.24. The number of hydrogen-bond donors (Lipinski definition) is 0. The minimum absolute atomic E-state index is 0.0537. The molecular formula is C25H23NO3S. The molecule has 3 aromatic carbocycles. The zero-order valence-electron chi connectivity index (χ0n) is 17.2. The second kappa shape index (κ2) is 6.89. The van der Waals surface area contributed by atoms with Crippen molar-refractivity contribution in [3.8, 4) is 11.1 Å². The van der Waals surface area contributed by atoms with Crippen molar-refractivity contribution in [2.45, 2.75) is 38.0 Å². The topological polar surface area (TPSA) is 56.5 Å². The molecule has 4 aromatic rings. The van der Waals surface area contributed by atoms with Crippen LogP contribution in [-0.2, 0) is 16.2 Å². The molecule has 1 saturated heterocycles. The van der Waals surface area contributed by atoms with Crippen molar-refractivity contribution in [1.82, 2.24) is 4.31 Å². The lowest BCUT2D eigenvalue weighted by Gasteiger charge is -2.31. The van der Waals surface area contributed by atoms with Crippen LogP contribution in [0.5, 0.6) is 0 Å². The molecule has 2 heterocycles. The van der Waals surface area contributed by atoms with Crippen LogP contribution >= 0.6 is 0 Å². The van der Waals surface area contributed by atoms with Gasteiger partial charge in [-0.2, -0.15) is 4.31 Å². The van der Waals surface area contributed by atoms with Crippen LogP contribution in [-0.4, -0.2) is 20.3 Å². The van der Waals surface area contributed by atoms with Gasteiger partial charge in [-0.25, -0.2) is 0 Å². The number of rotatable bonds is 2. The molecule has 4 nitrogen and oxygen atoms in total. The summed E-state index contributed by atoms with van der Waals surface area (Å²) in [4.78, 5) is 12.5. The summed E-state index contributed by atoms with van der Waals surface area (Å²) in [5, 5.41) is 1.90. The summed E-state index contributed by atoms with van der Waals surface area (Å²) in [6.45, 7) is 5.76. The number of fused-ring (bicyclic) bond motifs is 3. The predicted molar refractivity (Wildman–Crippen MR) is 121 cm³/mol. The summed E-state index contributed by atoms with van der Waals surface area (Å²) in [5.74, 6) is -0.0537. The van der Waals surface area contributed by atoms with Crippen LogP contribution in [0.3, 0.4) is 0 Å². The van der Waals surface area contributed by atoms with Crippen LogP contribution in [0, 0.1) is 0 Å². The fraction of sp³-hybridized carbons (Fsp3) is 0.240. The van der Waals surface area contributed by atoms with Gasteiger partial charge in [0.15, 0.2) is 5.25 Å². The summed E-state index contributed by atoms with van der Waals surface area (Å²) < 4.78 is 20.7. The average molecular weight is 418 g/mol. The van der Waals surface area contributed by atoms with Gasteiger partial charge in [-0.3, -0.25) is 4.79 Å². The summed E-state index contributed by atoms with van der Waals surface area (Å²) in [5.41, 5.74) is 4.27. The zero-order valence-corrected chi connectivity index (χ0v) is 18.0. The molecule has 2 atom stereocenters. The molecule has 1 aliphatic heterocycles. The van der Waals surface area contributed by atoms with E-state index in [2.05, 4.69) is 18.2 Å². The molecule has 5 heteroatoms. The van der Waals surface area contributed by atoms with Crippen LogP contribution in [0.1, 0.15) is 38.0 Å². The van der Waals surface area contributed by atoms with Crippen LogP contribution < -0.4 is 0 Å². The van der Waals surface area contributed by atoms with Gasteiger partial charge in [-0.15, -0.1) is 0 Å². The van der Waals surface area contributed by atoms with Crippen LogP contribution in [0.15, 0.2) is 71.1 Å². The van der Waals surface area contributed by atoms with E-state index in [0.29, 0.717) is 0 Å². The molecule has 2 unspecified atom stereocenters. The monoisotopic (exact) mass is 417 g/mol. The Balaban J connectivity index is 1.51. The highest BCUT2D eigenvalue weighted by Gasteiger charge is 2.49. The maximum atomic E-state index is 13.0. The third-order valence-electron chi connectivity index (χ3n) is 5.62. The Labute approximate surface area is 178 Å². The Bertz CT molecular complexity index is 1250. The van der Waals surface area contributed by atoms with E-state index in [1.807, 2.05) is 69.3 Å². The quantitative estimate of drug-likeness (QED) is 0.377. The molecular weight excluding hydrogens is 394 g/mol. The second-order valence-electron chi connectivity index (χ2n) is 8.73. The van der Waals surface area contributed by atoms with Crippen molar-refractivity contribution >= 4 is 39.2 Å². The first-order chi connectivity index (χ1) is 14.3. The van der Waals surface area contributed by atoms with Gasteiger partial charge < -0.3 is 8.97 Å². The molecule has 1 aliphatic rings. The molecule has 1 fully saturated rings. The number of benzene rings is 3. The molecule has 30 heavy (non-hydrogen) atoms. The van der Waals surface area contributed by atoms with Crippen molar-refractivity contribution in [3.05, 3.63) is 72.3 Å². The van der Waals surface area contributed by atoms with E-state index in [-0.39, 0.29) is 17.6 Å². The number of furan rings is 1. The van der Waals surface area contributed by atoms with E-state index < -0.39 is 16.9 Å². The summed E-state index contributed by atoms with van der Waals surface area (Å²) in [7, 11) is 0. The second-order valence-corrected chi connectivity index (χ2v) is 10.2. The Morgan fingerprint density at radius 2 is 1.67 bits per heavy atom. The molecule has 0 N–H and O–H groups in total. The van der Waals surface area contributed by atoms with Gasteiger partial charge in [0, 0.05) is 21.9 Å². The highest BCUT2D eigenvalue weighted by molar-refractivity contribution is 7.90. The van der Waals surface area contributed by atoms with E-state index >= 15 is 0 Å². The fourth-order valence-corrected chi connectivity index (χ4v) is 6.02. The Kier molecular flexibility index (Phi) is 4.42. The molecule has 152 valence electrons. The molecule has 1 aromatic heterocycles. The van der Waals surface area contributed by atoms with Crippen LogP contribution in [0.25, 0.3) is 33.1 Å². The number of nitrogens with zero attached hydrogens (tertiary/aromatic N) is 1. The molecule has 0 aliphatic carbocycles. The van der Waals surface area contributed by atoms with Crippen molar-refractivity contribution in [1.29, 1.82) is 0 Å². The summed E-state index contributed by atoms with van der Waals surface area (Å²) >= 11 is -1.37. The van der Waals surface area contributed by atoms with E-state index in [4.69, 9.17) is 4.42 Å². The standard InChI is InChI=1S/C25H23NO3S/c1-25(2,3)26-23(27)15-22(30(26)28)17-13-11-16(12-14-17)18-8-6-9-20-19-7-4-5-10-21(19)29-24(18)20/h4-14,22H,15H2,1-3H3. The number of amides is 1. The number of hydrogen-bond acceptors (Lipinski definition) is 3. The molecule has 0 radical (unpaired) electrons. The first kappa shape index (κ1) is 19.2. The van der Waals surface area contributed by atoms with E-state index in [9.17, 15) is 9.35 Å². The van der Waals surface area contributed by atoms with Gasteiger partial charge in [0.1, 0.15) is 11.2 Å². The number of para-hydroxylation sites is 2. The number of carbonyl (C=O) groups is 1. The molecule has 0 bridgehead atoms. The third kappa shape index (κ3) is 3.01. The summed E-state index contributed by atoms with van der Waals surface area (Å²) in [6.07, 6.45) is 0.280. The largest absolute Gasteiger partial charge is 0.592 e. The zero-order chi connectivity index (χ0) is 21.0. The van der Waals surface area contributed by atoms with Gasteiger partial charge in [0.25, 0.3) is 5.91 Å². The predicted octanol–water partition coefficient (Wildman–Crippen LogP) is 5.99. The molecule has 0 spiro atoms. The van der Waals surface area contributed by atoms with E-state index in [1.54, 1.807) is 0 Å². The molecule has 0 saturated carbocycles. The van der Waals surface area contributed by atoms with Gasteiger partial charge >= 0.3 is 0 Å². The molecule has 1 amide bonds. The minimum atomic E-state index is -1.37. The van der Waals surface area contributed by atoms with Gasteiger partial charge in [0.05, 0.1) is 23.3 Å². The van der Waals surface area contributed by atoms with Gasteiger partial charge in [0.2, 0.25) is 0 Å². The lowest BCUT2D eigenvalue weighted by Crippen LogP contribution is -2.45. The van der Waals surface area contributed by atoms with Crippen molar-refractivity contribution in [2.75, 3.05) is 0 Å².